The molecule has 6 rings (SSSR count). The van der Waals surface area contributed by atoms with Crippen LogP contribution in [-0.4, -0.2) is 9.36 Å². The number of H-pyrrole nitrogens is 2. The average Bonchev–Trinajstić information content (AvgIpc) is 3.59. The minimum Gasteiger partial charge on any atom is -0.405 e. The Morgan fingerprint density at radius 2 is 1.84 bits per heavy atom. The SMILES string of the molecule is CCC1(CC)C2=C(c3ccc(/C=C/C=C\N)cc31)C(C)C(/C=C/c1ccc(-c3ccc[nH]3)c3[nH]sc13)=C2. The topological polar surface area (TPSA) is 57.6 Å². The van der Waals surface area contributed by atoms with Crippen molar-refractivity contribution in [3.05, 3.63) is 113 Å². The molecule has 3 nitrogen and oxygen atoms in total. The first-order chi connectivity index (χ1) is 18.1. The van der Waals surface area contributed by atoms with E-state index < -0.39 is 0 Å². The molecule has 0 amide bonds. The first kappa shape index (κ1) is 23.6. The minimum atomic E-state index is 0.0727. The van der Waals surface area contributed by atoms with Crippen LogP contribution in [0.25, 0.3) is 39.2 Å². The van der Waals surface area contributed by atoms with Crippen LogP contribution in [-0.2, 0) is 5.41 Å². The van der Waals surface area contributed by atoms with Crippen molar-refractivity contribution in [3.8, 4) is 11.3 Å². The van der Waals surface area contributed by atoms with E-state index in [4.69, 9.17) is 5.73 Å². The largest absolute Gasteiger partial charge is 0.405 e. The first-order valence-corrected chi connectivity index (χ1v) is 14.0. The molecule has 2 aromatic heterocycles. The summed E-state index contributed by atoms with van der Waals surface area (Å²) >= 11 is 1.71. The smallest absolute Gasteiger partial charge is 0.0763 e. The standard InChI is InChI=1S/C33H33N3S/c1-4-33(5-2)27-19-22(9-6-7-17-34)11-15-25(27)30-21(3)24(20-28(30)33)13-12-23-14-16-26(29-10-8-18-35-29)31-32(23)37-36-31/h6-21,35-36H,4-5,34H2,1-3H3/b9-6+,13-12+,17-7-. The van der Waals surface area contributed by atoms with Crippen molar-refractivity contribution in [3.63, 3.8) is 0 Å². The van der Waals surface area contributed by atoms with Gasteiger partial charge in [-0.25, -0.2) is 0 Å². The van der Waals surface area contributed by atoms with Gasteiger partial charge in [0.2, 0.25) is 0 Å². The highest BCUT2D eigenvalue weighted by Crippen LogP contribution is 2.57. The van der Waals surface area contributed by atoms with E-state index in [0.29, 0.717) is 5.92 Å². The Morgan fingerprint density at radius 1 is 1.00 bits per heavy atom. The molecule has 2 aromatic carbocycles. The fraction of sp³-hybridized carbons (Fsp3) is 0.212. The second-order valence-corrected chi connectivity index (χ2v) is 10.9. The van der Waals surface area contributed by atoms with Gasteiger partial charge in [0.1, 0.15) is 0 Å². The number of hydrogen-bond acceptors (Lipinski definition) is 2. The Labute approximate surface area is 223 Å². The van der Waals surface area contributed by atoms with E-state index in [-0.39, 0.29) is 5.41 Å². The van der Waals surface area contributed by atoms with Crippen molar-refractivity contribution in [2.45, 2.75) is 39.0 Å². The van der Waals surface area contributed by atoms with E-state index in [1.54, 1.807) is 17.7 Å². The van der Waals surface area contributed by atoms with Crippen LogP contribution in [0.4, 0.5) is 0 Å². The summed E-state index contributed by atoms with van der Waals surface area (Å²) in [7, 11) is 0. The molecule has 0 bridgehead atoms. The fourth-order valence-electron chi connectivity index (χ4n) is 6.33. The van der Waals surface area contributed by atoms with Crippen LogP contribution in [0.3, 0.4) is 0 Å². The van der Waals surface area contributed by atoms with Crippen molar-refractivity contribution in [1.29, 1.82) is 0 Å². The molecule has 0 saturated heterocycles. The summed E-state index contributed by atoms with van der Waals surface area (Å²) in [6, 6.07) is 15.6. The molecule has 4 heteroatoms. The van der Waals surface area contributed by atoms with E-state index in [1.807, 2.05) is 24.4 Å². The van der Waals surface area contributed by atoms with Crippen LogP contribution in [0, 0.1) is 5.92 Å². The zero-order valence-corrected chi connectivity index (χ0v) is 22.5. The number of nitrogens with one attached hydrogen (secondary N) is 2. The quantitative estimate of drug-likeness (QED) is 0.217. The van der Waals surface area contributed by atoms with Crippen LogP contribution in [0.5, 0.6) is 0 Å². The molecule has 2 aliphatic carbocycles. The summed E-state index contributed by atoms with van der Waals surface area (Å²) < 4.78 is 4.76. The second-order valence-electron chi connectivity index (χ2n) is 10.1. The number of nitrogens with two attached hydrogens (primary N) is 1. The molecule has 1 atom stereocenters. The van der Waals surface area contributed by atoms with Gasteiger partial charge >= 0.3 is 0 Å². The van der Waals surface area contributed by atoms with E-state index in [0.717, 1.165) is 18.5 Å². The lowest BCUT2D eigenvalue weighted by atomic mass is 9.72. The molecule has 0 aliphatic heterocycles. The maximum absolute atomic E-state index is 5.51. The molecular formula is C33H33N3S. The van der Waals surface area contributed by atoms with Crippen LogP contribution in [0.15, 0.2) is 90.3 Å². The Hall–Kier alpha value is -3.76. The summed E-state index contributed by atoms with van der Waals surface area (Å²) in [5.41, 5.74) is 19.0. The number of aromatic amines is 2. The van der Waals surface area contributed by atoms with Gasteiger partial charge in [-0.15, -0.1) is 0 Å². The molecular weight excluding hydrogens is 470 g/mol. The molecule has 186 valence electrons. The van der Waals surface area contributed by atoms with E-state index in [9.17, 15) is 0 Å². The number of benzene rings is 2. The second kappa shape index (κ2) is 9.28. The van der Waals surface area contributed by atoms with Gasteiger partial charge < -0.3 is 15.1 Å². The number of hydrogen-bond donors (Lipinski definition) is 3. The maximum atomic E-state index is 5.51. The summed E-state index contributed by atoms with van der Waals surface area (Å²) in [5.74, 6) is 0.376. The van der Waals surface area contributed by atoms with Crippen LogP contribution >= 0.6 is 11.5 Å². The monoisotopic (exact) mass is 503 g/mol. The average molecular weight is 504 g/mol. The number of aromatic nitrogens is 2. The molecule has 2 heterocycles. The molecule has 0 radical (unpaired) electrons. The van der Waals surface area contributed by atoms with Crippen molar-refractivity contribution in [2.75, 3.05) is 0 Å². The molecule has 0 fully saturated rings. The Kier molecular flexibility index (Phi) is 5.92. The molecule has 37 heavy (non-hydrogen) atoms. The number of fused-ring (bicyclic) bond motifs is 3. The Bertz CT molecular complexity index is 1610. The molecule has 1 unspecified atom stereocenters. The summed E-state index contributed by atoms with van der Waals surface area (Å²) in [6.07, 6.45) is 18.9. The lowest BCUT2D eigenvalue weighted by Gasteiger charge is -2.31. The highest BCUT2D eigenvalue weighted by Gasteiger charge is 2.45. The van der Waals surface area contributed by atoms with Crippen molar-refractivity contribution in [1.82, 2.24) is 9.36 Å². The lowest BCUT2D eigenvalue weighted by molar-refractivity contribution is 0.486. The highest BCUT2D eigenvalue weighted by molar-refractivity contribution is 7.16. The zero-order valence-electron chi connectivity index (χ0n) is 21.6. The van der Waals surface area contributed by atoms with Gasteiger partial charge in [0.05, 0.1) is 10.2 Å². The normalized spacial score (nSPS) is 18.7. The number of allylic oxidation sites excluding steroid dienone is 7. The van der Waals surface area contributed by atoms with E-state index >= 15 is 0 Å². The van der Waals surface area contributed by atoms with Crippen molar-refractivity contribution < 1.29 is 0 Å². The predicted molar refractivity (Wildman–Crippen MR) is 160 cm³/mol. The third kappa shape index (κ3) is 3.62. The van der Waals surface area contributed by atoms with Gasteiger partial charge in [-0.3, -0.25) is 0 Å². The van der Waals surface area contributed by atoms with Gasteiger partial charge in [-0.1, -0.05) is 93.0 Å². The van der Waals surface area contributed by atoms with Crippen molar-refractivity contribution in [2.24, 2.45) is 11.7 Å². The third-order valence-corrected chi connectivity index (χ3v) is 9.35. The van der Waals surface area contributed by atoms with Crippen LogP contribution < -0.4 is 5.73 Å². The fourth-order valence-corrected chi connectivity index (χ4v) is 7.11. The van der Waals surface area contributed by atoms with E-state index in [2.05, 4.69) is 90.8 Å². The Balaban J connectivity index is 1.33. The third-order valence-electron chi connectivity index (χ3n) is 8.40. The predicted octanol–water partition coefficient (Wildman–Crippen LogP) is 8.82. The summed E-state index contributed by atoms with van der Waals surface area (Å²) in [4.78, 5) is 3.33. The molecule has 0 saturated carbocycles. The number of rotatable bonds is 7. The molecule has 4 N–H and O–H groups in total. The van der Waals surface area contributed by atoms with Crippen LogP contribution in [0.2, 0.25) is 0 Å². The van der Waals surface area contributed by atoms with Gasteiger partial charge in [0, 0.05) is 28.8 Å². The molecule has 2 aliphatic rings. The maximum Gasteiger partial charge on any atom is 0.0763 e. The van der Waals surface area contributed by atoms with Gasteiger partial charge in [-0.05, 0) is 76.2 Å². The minimum absolute atomic E-state index is 0.0727. The van der Waals surface area contributed by atoms with E-state index in [1.165, 1.54) is 54.8 Å². The summed E-state index contributed by atoms with van der Waals surface area (Å²) in [5, 5.41) is 0. The van der Waals surface area contributed by atoms with Gasteiger partial charge in [0.15, 0.2) is 0 Å². The first-order valence-electron chi connectivity index (χ1n) is 13.2. The zero-order chi connectivity index (χ0) is 25.6. The molecule has 4 aromatic rings. The van der Waals surface area contributed by atoms with Gasteiger partial charge in [0.25, 0.3) is 0 Å². The summed E-state index contributed by atoms with van der Waals surface area (Å²) in [6.45, 7) is 7.04. The van der Waals surface area contributed by atoms with Crippen LogP contribution in [0.1, 0.15) is 55.9 Å². The molecule has 0 spiro atoms. The Morgan fingerprint density at radius 3 is 2.54 bits per heavy atom. The lowest BCUT2D eigenvalue weighted by Crippen LogP contribution is -2.24. The van der Waals surface area contributed by atoms with Gasteiger partial charge in [-0.2, -0.15) is 0 Å². The highest BCUT2D eigenvalue weighted by atomic mass is 32.1. The van der Waals surface area contributed by atoms with Crippen molar-refractivity contribution >= 4 is 39.5 Å².